The zero-order valence-electron chi connectivity index (χ0n) is 14.0. The van der Waals surface area contributed by atoms with Crippen molar-refractivity contribution in [2.24, 2.45) is 0 Å². The highest BCUT2D eigenvalue weighted by molar-refractivity contribution is 7.41. The standard InChI is InChI=1S/C22H11N3S2/c1-2-4-14-12(3-1)5-6-13-7-8-16-19(17(13)14)18-15-9-10-26-22(15)27-20(18)21-24-23-11-25(16)21/h1-11H. The van der Waals surface area contributed by atoms with Gasteiger partial charge in [-0.1, -0.05) is 42.5 Å². The Kier molecular flexibility index (Phi) is 2.52. The minimum atomic E-state index is 0.950. The van der Waals surface area contributed by atoms with Crippen LogP contribution in [0.3, 0.4) is 0 Å². The maximum absolute atomic E-state index is 4.44. The monoisotopic (exact) mass is 381 g/mol. The fourth-order valence-corrected chi connectivity index (χ4v) is 6.58. The molecular weight excluding hydrogens is 370 g/mol. The summed E-state index contributed by atoms with van der Waals surface area (Å²) in [7, 11) is 0. The topological polar surface area (TPSA) is 30.2 Å². The molecule has 0 N–H and O–H groups in total. The van der Waals surface area contributed by atoms with E-state index in [1.54, 1.807) is 11.3 Å². The van der Waals surface area contributed by atoms with Gasteiger partial charge in [-0.25, -0.2) is 0 Å². The number of pyridine rings is 1. The van der Waals surface area contributed by atoms with E-state index in [1.165, 1.54) is 46.4 Å². The second-order valence-corrected chi connectivity index (χ2v) is 8.99. The first-order chi connectivity index (χ1) is 13.4. The Morgan fingerprint density at radius 3 is 2.67 bits per heavy atom. The molecule has 7 aromatic rings. The van der Waals surface area contributed by atoms with Gasteiger partial charge in [0.1, 0.15) is 6.33 Å². The summed E-state index contributed by atoms with van der Waals surface area (Å²) >= 11 is 3.63. The average Bonchev–Trinajstić information content (AvgIpc) is 3.42. The molecule has 0 aliphatic rings. The zero-order valence-corrected chi connectivity index (χ0v) is 15.6. The Balaban J connectivity index is 1.96. The van der Waals surface area contributed by atoms with E-state index in [9.17, 15) is 0 Å². The van der Waals surface area contributed by atoms with E-state index in [4.69, 9.17) is 0 Å². The Labute approximate surface area is 161 Å². The number of hydrogen-bond acceptors (Lipinski definition) is 4. The van der Waals surface area contributed by atoms with Crippen LogP contribution in [0.15, 0.2) is 66.3 Å². The van der Waals surface area contributed by atoms with Crippen molar-refractivity contribution < 1.29 is 0 Å². The van der Waals surface area contributed by atoms with E-state index in [1.807, 2.05) is 17.7 Å². The maximum Gasteiger partial charge on any atom is 0.179 e. The summed E-state index contributed by atoms with van der Waals surface area (Å²) in [6.07, 6.45) is 1.84. The number of aromatic nitrogens is 3. The largest absolute Gasteiger partial charge is 0.280 e. The molecule has 126 valence electrons. The summed E-state index contributed by atoms with van der Waals surface area (Å²) in [5.41, 5.74) is 2.11. The molecular formula is C22H11N3S2. The van der Waals surface area contributed by atoms with Crippen molar-refractivity contribution in [3.8, 4) is 0 Å². The fourth-order valence-electron chi connectivity index (χ4n) is 4.34. The molecule has 0 amide bonds. The predicted octanol–water partition coefficient (Wildman–Crippen LogP) is 6.62. The maximum atomic E-state index is 4.44. The van der Waals surface area contributed by atoms with Crippen LogP contribution in [0.1, 0.15) is 0 Å². The van der Waals surface area contributed by atoms with Crippen molar-refractivity contribution in [1.82, 2.24) is 14.6 Å². The lowest BCUT2D eigenvalue weighted by atomic mass is 9.96. The van der Waals surface area contributed by atoms with Crippen molar-refractivity contribution in [1.29, 1.82) is 0 Å². The number of benzene rings is 3. The molecule has 27 heavy (non-hydrogen) atoms. The van der Waals surface area contributed by atoms with Crippen molar-refractivity contribution in [3.63, 3.8) is 0 Å². The highest BCUT2D eigenvalue weighted by Crippen LogP contribution is 2.45. The third kappa shape index (κ3) is 1.66. The molecule has 0 unspecified atom stereocenters. The number of rotatable bonds is 0. The van der Waals surface area contributed by atoms with Gasteiger partial charge in [-0.3, -0.25) is 4.40 Å². The lowest BCUT2D eigenvalue weighted by Gasteiger charge is -2.11. The molecule has 0 aliphatic carbocycles. The van der Waals surface area contributed by atoms with Gasteiger partial charge in [-0.15, -0.1) is 32.9 Å². The molecule has 3 nitrogen and oxygen atoms in total. The molecule has 0 bridgehead atoms. The molecule has 0 radical (unpaired) electrons. The highest BCUT2D eigenvalue weighted by Gasteiger charge is 2.18. The minimum Gasteiger partial charge on any atom is -0.280 e. The first kappa shape index (κ1) is 14.1. The lowest BCUT2D eigenvalue weighted by Crippen LogP contribution is -1.90. The number of fused-ring (bicyclic) bond motifs is 12. The van der Waals surface area contributed by atoms with Crippen LogP contribution >= 0.6 is 22.7 Å². The molecule has 0 atom stereocenters. The average molecular weight is 381 g/mol. The molecule has 0 spiro atoms. The van der Waals surface area contributed by atoms with E-state index >= 15 is 0 Å². The second kappa shape index (κ2) is 4.82. The van der Waals surface area contributed by atoms with Gasteiger partial charge in [0.05, 0.1) is 14.2 Å². The van der Waals surface area contributed by atoms with E-state index in [-0.39, 0.29) is 0 Å². The molecule has 0 aliphatic heterocycles. The van der Waals surface area contributed by atoms with Crippen LogP contribution in [0.25, 0.3) is 57.6 Å². The summed E-state index contributed by atoms with van der Waals surface area (Å²) in [6, 6.07) is 19.8. The Morgan fingerprint density at radius 1 is 0.778 bits per heavy atom. The number of nitrogens with zero attached hydrogens (tertiary/aromatic N) is 3. The first-order valence-corrected chi connectivity index (χ1v) is 10.5. The van der Waals surface area contributed by atoms with Crippen LogP contribution in [0.4, 0.5) is 0 Å². The minimum absolute atomic E-state index is 0.950. The second-order valence-electron chi connectivity index (χ2n) is 6.80. The van der Waals surface area contributed by atoms with Gasteiger partial charge in [0.2, 0.25) is 0 Å². The van der Waals surface area contributed by atoms with Crippen molar-refractivity contribution in [2.75, 3.05) is 0 Å². The molecule has 5 heteroatoms. The van der Waals surface area contributed by atoms with E-state index < -0.39 is 0 Å². The van der Waals surface area contributed by atoms with Gasteiger partial charge < -0.3 is 0 Å². The summed E-state index contributed by atoms with van der Waals surface area (Å²) < 4.78 is 4.71. The Morgan fingerprint density at radius 2 is 1.67 bits per heavy atom. The van der Waals surface area contributed by atoms with Crippen LogP contribution < -0.4 is 0 Å². The van der Waals surface area contributed by atoms with Crippen molar-refractivity contribution in [3.05, 3.63) is 66.3 Å². The van der Waals surface area contributed by atoms with Crippen LogP contribution in [0.5, 0.6) is 0 Å². The third-order valence-electron chi connectivity index (χ3n) is 5.47. The van der Waals surface area contributed by atoms with Crippen molar-refractivity contribution in [2.45, 2.75) is 0 Å². The van der Waals surface area contributed by atoms with Gasteiger partial charge in [-0.05, 0) is 39.1 Å². The molecule has 7 rings (SSSR count). The van der Waals surface area contributed by atoms with Gasteiger partial charge in [-0.2, -0.15) is 0 Å². The van der Waals surface area contributed by atoms with E-state index in [2.05, 4.69) is 74.6 Å². The smallest absolute Gasteiger partial charge is 0.179 e. The Hall–Kier alpha value is -3.02. The number of hydrogen-bond donors (Lipinski definition) is 0. The molecule has 0 saturated carbocycles. The van der Waals surface area contributed by atoms with Crippen LogP contribution in [-0.2, 0) is 0 Å². The fraction of sp³-hybridized carbons (Fsp3) is 0. The molecule has 3 aromatic carbocycles. The Bertz CT molecular complexity index is 1680. The van der Waals surface area contributed by atoms with Gasteiger partial charge >= 0.3 is 0 Å². The third-order valence-corrected chi connectivity index (χ3v) is 7.71. The summed E-state index contributed by atoms with van der Waals surface area (Å²) in [5, 5.41) is 19.9. The molecule has 4 heterocycles. The predicted molar refractivity (Wildman–Crippen MR) is 116 cm³/mol. The highest BCUT2D eigenvalue weighted by atomic mass is 32.2. The normalized spacial score (nSPS) is 12.4. The van der Waals surface area contributed by atoms with Gasteiger partial charge in [0.15, 0.2) is 5.65 Å². The molecule has 4 aromatic heterocycles. The SMILES string of the molecule is c1ccc2c(c1)ccc1ccc3c(c12)c1c2ccsc2sc1c1nncn31. The quantitative estimate of drug-likeness (QED) is 0.276. The summed E-state index contributed by atoms with van der Waals surface area (Å²) in [4.78, 5) is 0. The van der Waals surface area contributed by atoms with Crippen LogP contribution in [0, 0.1) is 0 Å². The summed E-state index contributed by atoms with van der Waals surface area (Å²) in [5.74, 6) is 0. The summed E-state index contributed by atoms with van der Waals surface area (Å²) in [6.45, 7) is 0. The molecule has 0 fully saturated rings. The van der Waals surface area contributed by atoms with E-state index in [0.717, 1.165) is 11.2 Å². The van der Waals surface area contributed by atoms with Crippen LogP contribution in [-0.4, -0.2) is 14.6 Å². The van der Waals surface area contributed by atoms with Gasteiger partial charge in [0.25, 0.3) is 0 Å². The van der Waals surface area contributed by atoms with Gasteiger partial charge in [0, 0.05) is 16.2 Å². The zero-order chi connectivity index (χ0) is 17.5. The first-order valence-electron chi connectivity index (χ1n) is 8.76. The molecule has 0 saturated heterocycles. The lowest BCUT2D eigenvalue weighted by molar-refractivity contribution is 1.11. The number of thiophene rings is 2. The van der Waals surface area contributed by atoms with E-state index in [0.29, 0.717) is 0 Å². The van der Waals surface area contributed by atoms with Crippen molar-refractivity contribution >= 4 is 80.3 Å². The van der Waals surface area contributed by atoms with Crippen LogP contribution in [0.2, 0.25) is 0 Å².